The monoisotopic (exact) mass is 277 g/mol. The fourth-order valence-electron chi connectivity index (χ4n) is 2.08. The molecular formula is C14H19N3O3. The van der Waals surface area contributed by atoms with Gasteiger partial charge >= 0.3 is 6.09 Å². The standard InChI is InChI=1S/C14H19N3O3/c1-2-10(9-15)13(18)16-11-4-3-5-12(8-11)17-6-7-20-14(17)19/h3-5,8,10H,2,6-7,9,15H2,1H3,(H,16,18). The number of rotatable bonds is 5. The fraction of sp³-hybridized carbons (Fsp3) is 0.429. The summed E-state index contributed by atoms with van der Waals surface area (Å²) in [5, 5.41) is 2.82. The first-order chi connectivity index (χ1) is 9.65. The number of benzene rings is 1. The summed E-state index contributed by atoms with van der Waals surface area (Å²) in [6.07, 6.45) is 0.336. The van der Waals surface area contributed by atoms with Gasteiger partial charge in [-0.1, -0.05) is 13.0 Å². The van der Waals surface area contributed by atoms with Crippen LogP contribution < -0.4 is 16.0 Å². The molecule has 6 nitrogen and oxygen atoms in total. The van der Waals surface area contributed by atoms with Crippen molar-refractivity contribution in [3.8, 4) is 0 Å². The van der Waals surface area contributed by atoms with Crippen molar-refractivity contribution in [2.75, 3.05) is 29.9 Å². The summed E-state index contributed by atoms with van der Waals surface area (Å²) >= 11 is 0. The van der Waals surface area contributed by atoms with E-state index in [1.807, 2.05) is 13.0 Å². The Morgan fingerprint density at radius 2 is 2.35 bits per heavy atom. The molecule has 0 saturated carbocycles. The Balaban J connectivity index is 2.10. The molecular weight excluding hydrogens is 258 g/mol. The molecule has 1 aliphatic heterocycles. The predicted molar refractivity (Wildman–Crippen MR) is 76.6 cm³/mol. The van der Waals surface area contributed by atoms with Gasteiger partial charge in [-0.2, -0.15) is 0 Å². The van der Waals surface area contributed by atoms with E-state index in [-0.39, 0.29) is 17.9 Å². The van der Waals surface area contributed by atoms with Crippen LogP contribution in [0.15, 0.2) is 24.3 Å². The van der Waals surface area contributed by atoms with E-state index in [2.05, 4.69) is 5.32 Å². The zero-order valence-corrected chi connectivity index (χ0v) is 11.5. The molecule has 1 unspecified atom stereocenters. The third-order valence-electron chi connectivity index (χ3n) is 3.33. The second kappa shape index (κ2) is 6.38. The fourth-order valence-corrected chi connectivity index (χ4v) is 2.08. The second-order valence-corrected chi connectivity index (χ2v) is 4.65. The number of cyclic esters (lactones) is 1. The molecule has 1 saturated heterocycles. The third-order valence-corrected chi connectivity index (χ3v) is 3.33. The Hall–Kier alpha value is -2.08. The minimum atomic E-state index is -0.359. The zero-order valence-electron chi connectivity index (χ0n) is 11.5. The van der Waals surface area contributed by atoms with E-state index in [0.29, 0.717) is 37.5 Å². The maximum Gasteiger partial charge on any atom is 0.414 e. The van der Waals surface area contributed by atoms with Crippen LogP contribution in [-0.2, 0) is 9.53 Å². The summed E-state index contributed by atoms with van der Waals surface area (Å²) in [6.45, 7) is 3.16. The number of anilines is 2. The van der Waals surface area contributed by atoms with E-state index in [1.165, 1.54) is 4.90 Å². The Bertz CT molecular complexity index is 500. The second-order valence-electron chi connectivity index (χ2n) is 4.65. The number of ether oxygens (including phenoxy) is 1. The van der Waals surface area contributed by atoms with Crippen molar-refractivity contribution in [1.82, 2.24) is 0 Å². The van der Waals surface area contributed by atoms with Gasteiger partial charge in [0.05, 0.1) is 12.5 Å². The normalized spacial score (nSPS) is 15.9. The highest BCUT2D eigenvalue weighted by Gasteiger charge is 2.23. The van der Waals surface area contributed by atoms with Crippen molar-refractivity contribution in [3.63, 3.8) is 0 Å². The SMILES string of the molecule is CCC(CN)C(=O)Nc1cccc(N2CCOC2=O)c1. The molecule has 3 N–H and O–H groups in total. The minimum absolute atomic E-state index is 0.101. The first-order valence-electron chi connectivity index (χ1n) is 6.71. The van der Waals surface area contributed by atoms with Gasteiger partial charge in [-0.05, 0) is 24.6 Å². The van der Waals surface area contributed by atoms with Crippen LogP contribution in [0, 0.1) is 5.92 Å². The lowest BCUT2D eigenvalue weighted by Crippen LogP contribution is -2.29. The van der Waals surface area contributed by atoms with Gasteiger partial charge in [0.25, 0.3) is 0 Å². The average molecular weight is 277 g/mol. The first-order valence-corrected chi connectivity index (χ1v) is 6.71. The Morgan fingerprint density at radius 3 is 2.95 bits per heavy atom. The quantitative estimate of drug-likeness (QED) is 0.855. The van der Waals surface area contributed by atoms with Crippen LogP contribution in [0.5, 0.6) is 0 Å². The third kappa shape index (κ3) is 3.08. The number of hydrogen-bond donors (Lipinski definition) is 2. The van der Waals surface area contributed by atoms with Crippen molar-refractivity contribution in [2.24, 2.45) is 11.7 Å². The Kier molecular flexibility index (Phi) is 4.57. The highest BCUT2D eigenvalue weighted by Crippen LogP contribution is 2.22. The summed E-state index contributed by atoms with van der Waals surface area (Å²) in [6, 6.07) is 7.14. The maximum absolute atomic E-state index is 12.0. The average Bonchev–Trinajstić information content (AvgIpc) is 2.86. The van der Waals surface area contributed by atoms with Gasteiger partial charge in [0.2, 0.25) is 5.91 Å². The van der Waals surface area contributed by atoms with Crippen LogP contribution in [0.25, 0.3) is 0 Å². The van der Waals surface area contributed by atoms with E-state index in [0.717, 1.165) is 0 Å². The van der Waals surface area contributed by atoms with E-state index < -0.39 is 0 Å². The maximum atomic E-state index is 12.0. The molecule has 1 heterocycles. The summed E-state index contributed by atoms with van der Waals surface area (Å²) in [5.41, 5.74) is 6.92. The summed E-state index contributed by atoms with van der Waals surface area (Å²) in [7, 11) is 0. The number of nitrogens with zero attached hydrogens (tertiary/aromatic N) is 1. The van der Waals surface area contributed by atoms with Crippen molar-refractivity contribution >= 4 is 23.4 Å². The number of hydrogen-bond acceptors (Lipinski definition) is 4. The first kappa shape index (κ1) is 14.3. The van der Waals surface area contributed by atoms with Gasteiger partial charge in [-0.25, -0.2) is 4.79 Å². The molecule has 0 bridgehead atoms. The molecule has 1 atom stereocenters. The van der Waals surface area contributed by atoms with Gasteiger partial charge in [0, 0.05) is 17.9 Å². The van der Waals surface area contributed by atoms with Gasteiger partial charge in [0.1, 0.15) is 6.61 Å². The zero-order chi connectivity index (χ0) is 14.5. The molecule has 2 rings (SSSR count). The molecule has 0 aromatic heterocycles. The molecule has 1 aromatic rings. The van der Waals surface area contributed by atoms with E-state index in [4.69, 9.17) is 10.5 Å². The molecule has 0 spiro atoms. The Morgan fingerprint density at radius 1 is 1.55 bits per heavy atom. The predicted octanol–water partition coefficient (Wildman–Crippen LogP) is 1.57. The van der Waals surface area contributed by atoms with E-state index in [1.54, 1.807) is 18.2 Å². The Labute approximate surface area is 117 Å². The molecule has 2 amide bonds. The molecule has 1 aromatic carbocycles. The lowest BCUT2D eigenvalue weighted by atomic mass is 10.1. The molecule has 0 aliphatic carbocycles. The smallest absolute Gasteiger partial charge is 0.414 e. The molecule has 108 valence electrons. The van der Waals surface area contributed by atoms with Gasteiger partial charge < -0.3 is 15.8 Å². The topological polar surface area (TPSA) is 84.7 Å². The minimum Gasteiger partial charge on any atom is -0.447 e. The molecule has 20 heavy (non-hydrogen) atoms. The summed E-state index contributed by atoms with van der Waals surface area (Å²) in [4.78, 5) is 25.0. The summed E-state index contributed by atoms with van der Waals surface area (Å²) < 4.78 is 4.90. The van der Waals surface area contributed by atoms with Gasteiger partial charge in [-0.15, -0.1) is 0 Å². The number of carbonyl (C=O) groups excluding carboxylic acids is 2. The van der Waals surface area contributed by atoms with Crippen molar-refractivity contribution in [3.05, 3.63) is 24.3 Å². The van der Waals surface area contributed by atoms with Crippen molar-refractivity contribution in [1.29, 1.82) is 0 Å². The van der Waals surface area contributed by atoms with Crippen LogP contribution in [-0.4, -0.2) is 31.7 Å². The van der Waals surface area contributed by atoms with Crippen LogP contribution in [0.3, 0.4) is 0 Å². The number of nitrogens with one attached hydrogen (secondary N) is 1. The lowest BCUT2D eigenvalue weighted by Gasteiger charge is -2.16. The molecule has 0 radical (unpaired) electrons. The van der Waals surface area contributed by atoms with Crippen molar-refractivity contribution < 1.29 is 14.3 Å². The number of nitrogens with two attached hydrogens (primary N) is 1. The number of amides is 2. The van der Waals surface area contributed by atoms with Crippen LogP contribution in [0.1, 0.15) is 13.3 Å². The molecule has 1 fully saturated rings. The van der Waals surface area contributed by atoms with Crippen LogP contribution >= 0.6 is 0 Å². The molecule has 1 aliphatic rings. The van der Waals surface area contributed by atoms with Crippen molar-refractivity contribution in [2.45, 2.75) is 13.3 Å². The number of carbonyl (C=O) groups is 2. The van der Waals surface area contributed by atoms with Crippen LogP contribution in [0.4, 0.5) is 16.2 Å². The van der Waals surface area contributed by atoms with Gasteiger partial charge in [0.15, 0.2) is 0 Å². The van der Waals surface area contributed by atoms with E-state index >= 15 is 0 Å². The summed E-state index contributed by atoms with van der Waals surface area (Å²) in [5.74, 6) is -0.299. The lowest BCUT2D eigenvalue weighted by molar-refractivity contribution is -0.119. The van der Waals surface area contributed by atoms with E-state index in [9.17, 15) is 9.59 Å². The highest BCUT2D eigenvalue weighted by atomic mass is 16.6. The van der Waals surface area contributed by atoms with Crippen LogP contribution in [0.2, 0.25) is 0 Å². The largest absolute Gasteiger partial charge is 0.447 e. The molecule has 6 heteroatoms. The highest BCUT2D eigenvalue weighted by molar-refractivity contribution is 5.94. The van der Waals surface area contributed by atoms with Gasteiger partial charge in [-0.3, -0.25) is 9.69 Å².